The van der Waals surface area contributed by atoms with Gasteiger partial charge in [-0.05, 0) is 29.5 Å². The Hall–Kier alpha value is -2.95. The predicted octanol–water partition coefficient (Wildman–Crippen LogP) is 2.61. The smallest absolute Gasteiger partial charge is 0.273 e. The molecule has 0 bridgehead atoms. The lowest BCUT2D eigenvalue weighted by molar-refractivity contribution is -0.159. The molecule has 5 nitrogen and oxygen atoms in total. The minimum atomic E-state index is -1.28. The number of carbonyl (C=O) groups is 3. The van der Waals surface area contributed by atoms with Crippen LogP contribution in [0.5, 0.6) is 0 Å². The second-order valence-corrected chi connectivity index (χ2v) is 7.10. The number of benzene rings is 2. The van der Waals surface area contributed by atoms with E-state index in [1.54, 1.807) is 0 Å². The lowest BCUT2D eigenvalue weighted by atomic mass is 9.60. The molecular weight excluding hydrogens is 328 g/mol. The molecule has 1 saturated heterocycles. The fraction of sp³-hybridized carbons (Fsp3) is 0.286. The Morgan fingerprint density at radius 1 is 0.808 bits per heavy atom. The fourth-order valence-electron chi connectivity index (χ4n) is 4.37. The minimum absolute atomic E-state index is 0.308. The van der Waals surface area contributed by atoms with Crippen LogP contribution in [0.25, 0.3) is 0 Å². The zero-order valence-corrected chi connectivity index (χ0v) is 14.8. The number of imide groups is 2. The van der Waals surface area contributed by atoms with Gasteiger partial charge in [0, 0.05) is 20.0 Å². The third kappa shape index (κ3) is 2.13. The first-order valence-electron chi connectivity index (χ1n) is 8.69. The maximum atomic E-state index is 13.3. The monoisotopic (exact) mass is 348 g/mol. The van der Waals surface area contributed by atoms with Crippen molar-refractivity contribution in [3.05, 3.63) is 71.3 Å². The first kappa shape index (κ1) is 16.5. The summed E-state index contributed by atoms with van der Waals surface area (Å²) in [4.78, 5) is 41.1. The number of amides is 4. The van der Waals surface area contributed by atoms with E-state index in [4.69, 9.17) is 0 Å². The van der Waals surface area contributed by atoms with E-state index in [0.717, 1.165) is 26.5 Å². The van der Waals surface area contributed by atoms with E-state index < -0.39 is 23.3 Å². The van der Waals surface area contributed by atoms with E-state index in [0.29, 0.717) is 12.8 Å². The summed E-state index contributed by atoms with van der Waals surface area (Å²) in [5.41, 5.74) is 1.81. The van der Waals surface area contributed by atoms with Crippen LogP contribution in [-0.2, 0) is 22.4 Å². The van der Waals surface area contributed by atoms with Crippen molar-refractivity contribution in [3.63, 3.8) is 0 Å². The van der Waals surface area contributed by atoms with Crippen LogP contribution in [-0.4, -0.2) is 41.7 Å². The molecule has 0 N–H and O–H groups in total. The number of nitrogens with zero attached hydrogens (tertiary/aromatic N) is 2. The van der Waals surface area contributed by atoms with Gasteiger partial charge < -0.3 is 0 Å². The van der Waals surface area contributed by atoms with Crippen LogP contribution in [0.4, 0.5) is 4.79 Å². The van der Waals surface area contributed by atoms with Crippen molar-refractivity contribution in [2.24, 2.45) is 5.41 Å². The number of rotatable bonds is 1. The van der Waals surface area contributed by atoms with Gasteiger partial charge in [-0.3, -0.25) is 19.4 Å². The van der Waals surface area contributed by atoms with Crippen molar-refractivity contribution in [2.45, 2.75) is 18.8 Å². The highest BCUT2D eigenvalue weighted by Gasteiger charge is 2.61. The second kappa shape index (κ2) is 5.80. The van der Waals surface area contributed by atoms with E-state index in [2.05, 4.69) is 6.07 Å². The van der Waals surface area contributed by atoms with Gasteiger partial charge in [0.1, 0.15) is 5.41 Å². The Balaban J connectivity index is 1.94. The summed E-state index contributed by atoms with van der Waals surface area (Å²) in [6, 6.07) is 17.0. The maximum Gasteiger partial charge on any atom is 0.332 e. The van der Waals surface area contributed by atoms with Gasteiger partial charge in [-0.25, -0.2) is 4.79 Å². The van der Waals surface area contributed by atoms with Gasteiger partial charge in [-0.2, -0.15) is 0 Å². The summed E-state index contributed by atoms with van der Waals surface area (Å²) in [6.45, 7) is 0. The summed E-state index contributed by atoms with van der Waals surface area (Å²) in [6.07, 6.45) is 0.899. The molecule has 1 atom stereocenters. The van der Waals surface area contributed by atoms with Crippen molar-refractivity contribution in [3.8, 4) is 0 Å². The molecule has 0 aromatic heterocycles. The minimum Gasteiger partial charge on any atom is -0.273 e. The highest BCUT2D eigenvalue weighted by Crippen LogP contribution is 2.49. The first-order valence-corrected chi connectivity index (χ1v) is 8.69. The maximum absolute atomic E-state index is 13.3. The van der Waals surface area contributed by atoms with Crippen molar-refractivity contribution >= 4 is 17.8 Å². The Bertz CT molecular complexity index is 882. The van der Waals surface area contributed by atoms with Gasteiger partial charge in [0.25, 0.3) is 0 Å². The van der Waals surface area contributed by atoms with Crippen LogP contribution in [0, 0.1) is 5.41 Å². The van der Waals surface area contributed by atoms with Gasteiger partial charge in [-0.1, -0.05) is 54.6 Å². The summed E-state index contributed by atoms with van der Waals surface area (Å²) in [7, 11) is 2.91. The molecule has 1 aliphatic carbocycles. The van der Waals surface area contributed by atoms with Crippen molar-refractivity contribution in [2.75, 3.05) is 14.1 Å². The topological polar surface area (TPSA) is 57.7 Å². The molecule has 1 fully saturated rings. The van der Waals surface area contributed by atoms with E-state index >= 15 is 0 Å². The molecule has 2 aromatic carbocycles. The molecule has 4 amide bonds. The van der Waals surface area contributed by atoms with E-state index in [1.165, 1.54) is 14.1 Å². The summed E-state index contributed by atoms with van der Waals surface area (Å²) < 4.78 is 0. The Morgan fingerprint density at radius 3 is 1.96 bits per heavy atom. The normalized spacial score (nSPS) is 21.9. The Kier molecular flexibility index (Phi) is 3.68. The standard InChI is InChI=1S/C21H20N2O3/c1-22-18(24)21(19(25)23(2)20(22)26)13-16-11-7-6-10-15(16)12-17(21)14-8-4-3-5-9-14/h3-11,17H,12-13H2,1-2H3. The quantitative estimate of drug-likeness (QED) is 0.745. The Labute approximate surface area is 152 Å². The second-order valence-electron chi connectivity index (χ2n) is 7.10. The molecule has 1 heterocycles. The molecule has 2 aromatic rings. The lowest BCUT2D eigenvalue weighted by Crippen LogP contribution is -2.66. The number of fused-ring (bicyclic) bond motifs is 1. The molecule has 1 spiro atoms. The highest BCUT2D eigenvalue weighted by molar-refractivity contribution is 6.19. The van der Waals surface area contributed by atoms with Crippen LogP contribution in [0.15, 0.2) is 54.6 Å². The molecule has 132 valence electrons. The Morgan fingerprint density at radius 2 is 1.35 bits per heavy atom. The largest absolute Gasteiger partial charge is 0.332 e. The van der Waals surface area contributed by atoms with Crippen LogP contribution in [0.3, 0.4) is 0 Å². The number of barbiturate groups is 1. The third-order valence-corrected chi connectivity index (χ3v) is 5.75. The zero-order chi connectivity index (χ0) is 18.5. The molecule has 1 aliphatic heterocycles. The van der Waals surface area contributed by atoms with E-state index in [1.807, 2.05) is 48.5 Å². The van der Waals surface area contributed by atoms with Gasteiger partial charge in [0.2, 0.25) is 11.8 Å². The number of hydrogen-bond donors (Lipinski definition) is 0. The number of hydrogen-bond acceptors (Lipinski definition) is 3. The molecule has 0 saturated carbocycles. The molecule has 2 aliphatic rings. The van der Waals surface area contributed by atoms with Crippen LogP contribution < -0.4 is 0 Å². The van der Waals surface area contributed by atoms with Crippen LogP contribution >= 0.6 is 0 Å². The van der Waals surface area contributed by atoms with E-state index in [9.17, 15) is 14.4 Å². The predicted molar refractivity (Wildman–Crippen MR) is 96.4 cm³/mol. The van der Waals surface area contributed by atoms with Crippen molar-refractivity contribution in [1.29, 1.82) is 0 Å². The van der Waals surface area contributed by atoms with Gasteiger partial charge in [0.15, 0.2) is 0 Å². The van der Waals surface area contributed by atoms with Crippen LogP contribution in [0.1, 0.15) is 22.6 Å². The molecule has 4 rings (SSSR count). The molecular formula is C21H20N2O3. The lowest BCUT2D eigenvalue weighted by Gasteiger charge is -2.48. The third-order valence-electron chi connectivity index (χ3n) is 5.75. The summed E-state index contributed by atoms with van der Waals surface area (Å²) >= 11 is 0. The summed E-state index contributed by atoms with van der Waals surface area (Å²) in [5, 5.41) is 0. The summed E-state index contributed by atoms with van der Waals surface area (Å²) in [5.74, 6) is -1.13. The van der Waals surface area contributed by atoms with Gasteiger partial charge in [-0.15, -0.1) is 0 Å². The van der Waals surface area contributed by atoms with E-state index in [-0.39, 0.29) is 5.92 Å². The molecule has 26 heavy (non-hydrogen) atoms. The number of carbonyl (C=O) groups excluding carboxylic acids is 3. The average molecular weight is 348 g/mol. The van der Waals surface area contributed by atoms with Crippen molar-refractivity contribution in [1.82, 2.24) is 9.80 Å². The molecule has 1 unspecified atom stereocenters. The number of urea groups is 1. The zero-order valence-electron chi connectivity index (χ0n) is 14.8. The van der Waals surface area contributed by atoms with Gasteiger partial charge in [0.05, 0.1) is 0 Å². The first-order chi connectivity index (χ1) is 12.5. The van der Waals surface area contributed by atoms with Crippen LogP contribution in [0.2, 0.25) is 0 Å². The average Bonchev–Trinajstić information content (AvgIpc) is 2.69. The fourth-order valence-corrected chi connectivity index (χ4v) is 4.37. The molecule has 0 radical (unpaired) electrons. The van der Waals surface area contributed by atoms with Crippen molar-refractivity contribution < 1.29 is 14.4 Å². The highest BCUT2D eigenvalue weighted by atomic mass is 16.2. The van der Waals surface area contributed by atoms with Gasteiger partial charge >= 0.3 is 6.03 Å². The molecule has 5 heteroatoms. The SMILES string of the molecule is CN1C(=O)N(C)C(=O)C2(Cc3ccccc3CC2c2ccccc2)C1=O.